The number of hydrogen-bond donors (Lipinski definition) is 0. The Morgan fingerprint density at radius 1 is 1.12 bits per heavy atom. The van der Waals surface area contributed by atoms with Gasteiger partial charge >= 0.3 is 0 Å². The maximum Gasteiger partial charge on any atom is 0.0988 e. The van der Waals surface area contributed by atoms with Gasteiger partial charge in [-0.2, -0.15) is 0 Å². The lowest BCUT2D eigenvalue weighted by Crippen LogP contribution is -2.13. The predicted molar refractivity (Wildman–Crippen MR) is 68.9 cm³/mol. The third kappa shape index (κ3) is 4.27. The highest BCUT2D eigenvalue weighted by atomic mass is 19.1. The largest absolute Gasteiger partial charge is 0.212 e. The average Bonchev–Trinajstić information content (AvgIpc) is 2.23. The van der Waals surface area contributed by atoms with E-state index in [9.17, 15) is 4.39 Å². The van der Waals surface area contributed by atoms with Crippen molar-refractivity contribution < 1.29 is 4.39 Å². The first-order chi connectivity index (χ1) is 7.50. The summed E-state index contributed by atoms with van der Waals surface area (Å²) >= 11 is 0. The standard InChI is InChI=1S/C15H27F/c1-11(2)14-8-5-12(3)6-10-15(16)13(4)7-9-14/h10-14H,5-9H2,1-4H3/t12-,13-,14+/m1/s1. The van der Waals surface area contributed by atoms with Crippen molar-refractivity contribution in [3.05, 3.63) is 11.9 Å². The molecule has 0 aliphatic heterocycles. The Kier molecular flexibility index (Phi) is 5.51. The van der Waals surface area contributed by atoms with E-state index < -0.39 is 0 Å². The van der Waals surface area contributed by atoms with Crippen molar-refractivity contribution in [3.8, 4) is 0 Å². The minimum Gasteiger partial charge on any atom is -0.212 e. The van der Waals surface area contributed by atoms with Gasteiger partial charge in [-0.05, 0) is 43.4 Å². The molecular weight excluding hydrogens is 199 g/mol. The molecule has 0 aromatic rings. The second-order valence-electron chi connectivity index (χ2n) is 5.99. The van der Waals surface area contributed by atoms with Crippen LogP contribution in [0.5, 0.6) is 0 Å². The summed E-state index contributed by atoms with van der Waals surface area (Å²) in [5.74, 6) is 2.42. The zero-order chi connectivity index (χ0) is 12.1. The average molecular weight is 226 g/mol. The van der Waals surface area contributed by atoms with E-state index in [1.54, 1.807) is 0 Å². The molecule has 0 spiro atoms. The summed E-state index contributed by atoms with van der Waals surface area (Å²) in [5.41, 5.74) is 0. The van der Waals surface area contributed by atoms with E-state index in [1.165, 1.54) is 19.3 Å². The molecule has 0 saturated heterocycles. The fourth-order valence-electron chi connectivity index (χ4n) is 2.54. The van der Waals surface area contributed by atoms with E-state index in [1.807, 2.05) is 13.0 Å². The van der Waals surface area contributed by atoms with Gasteiger partial charge in [-0.15, -0.1) is 0 Å². The highest BCUT2D eigenvalue weighted by Gasteiger charge is 2.19. The molecule has 0 aromatic heterocycles. The number of rotatable bonds is 1. The SMILES string of the molecule is CC(C)[C@H]1CC[C@@H](C)CC=C(F)[C@H](C)CC1. The van der Waals surface area contributed by atoms with Gasteiger partial charge in [0.2, 0.25) is 0 Å². The highest BCUT2D eigenvalue weighted by Crippen LogP contribution is 2.31. The molecule has 1 aliphatic carbocycles. The summed E-state index contributed by atoms with van der Waals surface area (Å²) < 4.78 is 13.7. The molecular formula is C15H27F. The van der Waals surface area contributed by atoms with Gasteiger partial charge in [0.25, 0.3) is 0 Å². The zero-order valence-electron chi connectivity index (χ0n) is 11.3. The molecule has 1 aliphatic rings. The first-order valence-electron chi connectivity index (χ1n) is 6.86. The summed E-state index contributed by atoms with van der Waals surface area (Å²) in [6.07, 6.45) is 7.51. The van der Waals surface area contributed by atoms with Gasteiger partial charge in [-0.1, -0.05) is 40.2 Å². The van der Waals surface area contributed by atoms with Crippen LogP contribution in [-0.4, -0.2) is 0 Å². The van der Waals surface area contributed by atoms with E-state index >= 15 is 0 Å². The number of allylic oxidation sites excluding steroid dienone is 2. The molecule has 1 heteroatoms. The van der Waals surface area contributed by atoms with Crippen LogP contribution in [0, 0.1) is 23.7 Å². The fourth-order valence-corrected chi connectivity index (χ4v) is 2.54. The van der Waals surface area contributed by atoms with Crippen LogP contribution in [0.2, 0.25) is 0 Å². The quantitative estimate of drug-likeness (QED) is 0.565. The highest BCUT2D eigenvalue weighted by molar-refractivity contribution is 4.97. The summed E-state index contributed by atoms with van der Waals surface area (Å²) in [5, 5.41) is 0. The van der Waals surface area contributed by atoms with E-state index in [4.69, 9.17) is 0 Å². The molecule has 16 heavy (non-hydrogen) atoms. The molecule has 0 fully saturated rings. The first-order valence-corrected chi connectivity index (χ1v) is 6.86. The predicted octanol–water partition coefficient (Wildman–Crippen LogP) is 5.35. The van der Waals surface area contributed by atoms with Crippen LogP contribution >= 0.6 is 0 Å². The van der Waals surface area contributed by atoms with Crippen molar-refractivity contribution in [3.63, 3.8) is 0 Å². The van der Waals surface area contributed by atoms with Crippen molar-refractivity contribution in [2.24, 2.45) is 23.7 Å². The molecule has 1 rings (SSSR count). The lowest BCUT2D eigenvalue weighted by atomic mass is 9.81. The molecule has 0 amide bonds. The lowest BCUT2D eigenvalue weighted by Gasteiger charge is -2.25. The third-order valence-electron chi connectivity index (χ3n) is 4.13. The molecule has 0 nitrogen and oxygen atoms in total. The monoisotopic (exact) mass is 226 g/mol. The van der Waals surface area contributed by atoms with E-state index in [0.717, 1.165) is 24.7 Å². The third-order valence-corrected chi connectivity index (χ3v) is 4.13. The second kappa shape index (κ2) is 6.42. The number of hydrogen-bond acceptors (Lipinski definition) is 0. The zero-order valence-corrected chi connectivity index (χ0v) is 11.3. The van der Waals surface area contributed by atoms with E-state index in [-0.39, 0.29) is 11.7 Å². The van der Waals surface area contributed by atoms with E-state index in [2.05, 4.69) is 20.8 Å². The van der Waals surface area contributed by atoms with Crippen LogP contribution in [0.1, 0.15) is 59.8 Å². The maximum atomic E-state index is 13.7. The Hall–Kier alpha value is -0.330. The molecule has 0 N–H and O–H groups in total. The van der Waals surface area contributed by atoms with Gasteiger partial charge in [-0.25, -0.2) is 4.39 Å². The smallest absolute Gasteiger partial charge is 0.0988 e. The topological polar surface area (TPSA) is 0 Å². The van der Waals surface area contributed by atoms with Crippen LogP contribution in [0.4, 0.5) is 4.39 Å². The molecule has 0 unspecified atom stereocenters. The summed E-state index contributed by atoms with van der Waals surface area (Å²) in [6, 6.07) is 0. The Morgan fingerprint density at radius 3 is 2.38 bits per heavy atom. The molecule has 0 saturated carbocycles. The minimum atomic E-state index is 0.122. The van der Waals surface area contributed by atoms with Crippen molar-refractivity contribution in [1.82, 2.24) is 0 Å². The molecule has 3 atom stereocenters. The summed E-state index contributed by atoms with van der Waals surface area (Å²) in [6.45, 7) is 8.87. The molecule has 0 bridgehead atoms. The Balaban J connectivity index is 2.65. The van der Waals surface area contributed by atoms with E-state index in [0.29, 0.717) is 5.92 Å². The van der Waals surface area contributed by atoms with Gasteiger partial charge in [0, 0.05) is 5.92 Å². The molecule has 94 valence electrons. The maximum absolute atomic E-state index is 13.7. The first kappa shape index (κ1) is 13.7. The van der Waals surface area contributed by atoms with Crippen molar-refractivity contribution in [2.45, 2.75) is 59.8 Å². The lowest BCUT2D eigenvalue weighted by molar-refractivity contribution is 0.279. The van der Waals surface area contributed by atoms with Crippen LogP contribution in [0.25, 0.3) is 0 Å². The van der Waals surface area contributed by atoms with Gasteiger partial charge in [-0.3, -0.25) is 0 Å². The van der Waals surface area contributed by atoms with Crippen molar-refractivity contribution >= 4 is 0 Å². The Labute approximate surface area is 100 Å². The second-order valence-corrected chi connectivity index (χ2v) is 5.99. The normalized spacial score (nSPS) is 33.6. The Morgan fingerprint density at radius 2 is 1.75 bits per heavy atom. The van der Waals surface area contributed by atoms with Crippen LogP contribution in [0.3, 0.4) is 0 Å². The number of halogens is 1. The van der Waals surface area contributed by atoms with Crippen molar-refractivity contribution in [2.75, 3.05) is 0 Å². The Bertz CT molecular complexity index is 230. The fraction of sp³-hybridized carbons (Fsp3) is 0.867. The van der Waals surface area contributed by atoms with Gasteiger partial charge in [0.15, 0.2) is 0 Å². The van der Waals surface area contributed by atoms with Crippen molar-refractivity contribution in [1.29, 1.82) is 0 Å². The van der Waals surface area contributed by atoms with Gasteiger partial charge < -0.3 is 0 Å². The summed E-state index contributed by atoms with van der Waals surface area (Å²) in [7, 11) is 0. The molecule has 0 radical (unpaired) electrons. The minimum absolute atomic E-state index is 0.122. The molecule has 0 aromatic carbocycles. The molecule has 0 heterocycles. The van der Waals surface area contributed by atoms with Gasteiger partial charge in [0.1, 0.15) is 0 Å². The summed E-state index contributed by atoms with van der Waals surface area (Å²) in [4.78, 5) is 0. The van der Waals surface area contributed by atoms with Crippen LogP contribution in [0.15, 0.2) is 11.9 Å². The van der Waals surface area contributed by atoms with Crippen LogP contribution < -0.4 is 0 Å². The van der Waals surface area contributed by atoms with Crippen LogP contribution in [-0.2, 0) is 0 Å². The van der Waals surface area contributed by atoms with Gasteiger partial charge in [0.05, 0.1) is 5.83 Å².